The van der Waals surface area contributed by atoms with Crippen LogP contribution in [-0.4, -0.2) is 0 Å². The van der Waals surface area contributed by atoms with E-state index in [0.717, 1.165) is 5.92 Å². The van der Waals surface area contributed by atoms with Gasteiger partial charge in [-0.25, -0.2) is 0 Å². The summed E-state index contributed by atoms with van der Waals surface area (Å²) in [6, 6.07) is 0. The van der Waals surface area contributed by atoms with Gasteiger partial charge in [0.05, 0.1) is 0 Å². The van der Waals surface area contributed by atoms with E-state index in [0.29, 0.717) is 0 Å². The van der Waals surface area contributed by atoms with Gasteiger partial charge in [-0.2, -0.15) is 0 Å². The van der Waals surface area contributed by atoms with E-state index < -0.39 is 0 Å². The summed E-state index contributed by atoms with van der Waals surface area (Å²) in [5, 5.41) is 0. The van der Waals surface area contributed by atoms with E-state index in [-0.39, 0.29) is 0 Å². The third-order valence-corrected chi connectivity index (χ3v) is 1.44. The van der Waals surface area contributed by atoms with Gasteiger partial charge in [-0.15, -0.1) is 0 Å². The summed E-state index contributed by atoms with van der Waals surface area (Å²) < 4.78 is 0. The molecule has 0 radical (unpaired) electrons. The highest BCUT2D eigenvalue weighted by Crippen LogP contribution is 2.14. The van der Waals surface area contributed by atoms with Gasteiger partial charge in [0.25, 0.3) is 0 Å². The first-order valence-corrected chi connectivity index (χ1v) is 4.14. The lowest BCUT2D eigenvalue weighted by molar-refractivity contribution is 0.729. The Kier molecular flexibility index (Phi) is 5.00. The lowest BCUT2D eigenvalue weighted by atomic mass is 9.99. The third kappa shape index (κ3) is 3.49. The Morgan fingerprint density at radius 3 is 2.30 bits per heavy atom. The lowest BCUT2D eigenvalue weighted by Crippen LogP contribution is -1.91. The molecule has 0 saturated heterocycles. The lowest BCUT2D eigenvalue weighted by Gasteiger charge is -2.07. The monoisotopic (exact) mass is 138 g/mol. The summed E-state index contributed by atoms with van der Waals surface area (Å²) in [4.78, 5) is 0. The molecular weight excluding hydrogens is 120 g/mol. The molecule has 0 N–H and O–H groups in total. The molecular formula is C10H18. The summed E-state index contributed by atoms with van der Waals surface area (Å²) in [5.41, 5.74) is 1.41. The third-order valence-electron chi connectivity index (χ3n) is 1.44. The van der Waals surface area contributed by atoms with E-state index in [2.05, 4.69) is 32.1 Å². The number of hydrogen-bond donors (Lipinski definition) is 0. The van der Waals surface area contributed by atoms with Crippen molar-refractivity contribution in [3.8, 4) is 0 Å². The van der Waals surface area contributed by atoms with Gasteiger partial charge in [-0.3, -0.25) is 0 Å². The molecule has 1 rings (SSSR count). The average Bonchev–Trinajstić information content (AvgIpc) is 1.91. The zero-order chi connectivity index (χ0) is 7.98. The number of allylic oxidation sites excluding steroid dienone is 4. The zero-order valence-electron chi connectivity index (χ0n) is 7.52. The van der Waals surface area contributed by atoms with Gasteiger partial charge >= 0.3 is 0 Å². The van der Waals surface area contributed by atoms with Crippen LogP contribution in [0.2, 0.25) is 0 Å². The van der Waals surface area contributed by atoms with E-state index in [1.165, 1.54) is 12.0 Å². The van der Waals surface area contributed by atoms with Crippen LogP contribution in [0, 0.1) is 5.92 Å². The highest BCUT2D eigenvalue weighted by Gasteiger charge is 1.98. The minimum absolute atomic E-state index is 0.764. The molecule has 0 aliphatic heterocycles. The maximum Gasteiger partial charge on any atom is -0.0222 e. The second kappa shape index (κ2) is 5.28. The highest BCUT2D eigenvalue weighted by atomic mass is 14.0. The van der Waals surface area contributed by atoms with E-state index in [1.807, 2.05) is 13.8 Å². The predicted molar refractivity (Wildman–Crippen MR) is 48.0 cm³/mol. The van der Waals surface area contributed by atoms with Crippen LogP contribution >= 0.6 is 0 Å². The largest absolute Gasteiger partial charge is 0.0837 e. The van der Waals surface area contributed by atoms with Crippen LogP contribution in [0.15, 0.2) is 23.8 Å². The minimum atomic E-state index is 0.764. The molecule has 1 aliphatic carbocycles. The van der Waals surface area contributed by atoms with Crippen molar-refractivity contribution in [3.05, 3.63) is 23.8 Å². The van der Waals surface area contributed by atoms with Crippen molar-refractivity contribution >= 4 is 0 Å². The molecule has 0 saturated carbocycles. The van der Waals surface area contributed by atoms with Crippen LogP contribution in [0.5, 0.6) is 0 Å². The fourth-order valence-electron chi connectivity index (χ4n) is 1.04. The molecule has 1 aliphatic rings. The topological polar surface area (TPSA) is 0 Å². The summed E-state index contributed by atoms with van der Waals surface area (Å²) in [7, 11) is 0. The van der Waals surface area contributed by atoms with Crippen LogP contribution in [0.1, 0.15) is 34.1 Å². The Hall–Kier alpha value is -0.520. The van der Waals surface area contributed by atoms with Crippen LogP contribution in [0.25, 0.3) is 0 Å². The predicted octanol–water partition coefficient (Wildman–Crippen LogP) is 3.55. The molecule has 0 aromatic heterocycles. The number of rotatable bonds is 0. The molecule has 58 valence electrons. The van der Waals surface area contributed by atoms with E-state index >= 15 is 0 Å². The molecule has 0 aromatic carbocycles. The second-order valence-electron chi connectivity index (χ2n) is 2.53. The molecule has 0 bridgehead atoms. The Morgan fingerprint density at radius 1 is 1.40 bits per heavy atom. The highest BCUT2D eigenvalue weighted by molar-refractivity contribution is 5.20. The Balaban J connectivity index is 0.000000371. The number of hydrogen-bond acceptors (Lipinski definition) is 0. The zero-order valence-corrected chi connectivity index (χ0v) is 7.52. The maximum atomic E-state index is 2.31. The van der Waals surface area contributed by atoms with Gasteiger partial charge in [0.15, 0.2) is 0 Å². The molecule has 0 nitrogen and oxygen atoms in total. The smallest absolute Gasteiger partial charge is 0.0222 e. The molecule has 0 fully saturated rings. The Labute approximate surface area is 64.6 Å². The van der Waals surface area contributed by atoms with Gasteiger partial charge < -0.3 is 0 Å². The van der Waals surface area contributed by atoms with Crippen LogP contribution in [0.4, 0.5) is 0 Å². The molecule has 0 heterocycles. The van der Waals surface area contributed by atoms with Gasteiger partial charge in [-0.05, 0) is 19.3 Å². The molecule has 1 atom stereocenters. The SMILES string of the molecule is CC.CC1=C[C@H](C)CC=C1. The van der Waals surface area contributed by atoms with E-state index in [9.17, 15) is 0 Å². The van der Waals surface area contributed by atoms with Crippen LogP contribution < -0.4 is 0 Å². The second-order valence-corrected chi connectivity index (χ2v) is 2.53. The normalized spacial score (nSPS) is 22.8. The summed E-state index contributed by atoms with van der Waals surface area (Å²) >= 11 is 0. The van der Waals surface area contributed by atoms with E-state index in [4.69, 9.17) is 0 Å². The van der Waals surface area contributed by atoms with Crippen LogP contribution in [-0.2, 0) is 0 Å². The summed E-state index contributed by atoms with van der Waals surface area (Å²) in [5.74, 6) is 0.764. The van der Waals surface area contributed by atoms with Gasteiger partial charge in [0, 0.05) is 0 Å². The Morgan fingerprint density at radius 2 is 2.00 bits per heavy atom. The van der Waals surface area contributed by atoms with Gasteiger partial charge in [-0.1, -0.05) is 44.6 Å². The minimum Gasteiger partial charge on any atom is -0.0837 e. The maximum absolute atomic E-state index is 2.31. The van der Waals surface area contributed by atoms with Crippen molar-refractivity contribution in [2.24, 2.45) is 5.92 Å². The molecule has 0 spiro atoms. The van der Waals surface area contributed by atoms with Crippen molar-refractivity contribution in [2.75, 3.05) is 0 Å². The van der Waals surface area contributed by atoms with Crippen molar-refractivity contribution < 1.29 is 0 Å². The average molecular weight is 138 g/mol. The molecule has 10 heavy (non-hydrogen) atoms. The van der Waals surface area contributed by atoms with Crippen LogP contribution in [0.3, 0.4) is 0 Å². The fourth-order valence-corrected chi connectivity index (χ4v) is 1.04. The van der Waals surface area contributed by atoms with E-state index in [1.54, 1.807) is 0 Å². The standard InChI is InChI=1S/C8H12.C2H6/c1-7-4-3-5-8(2)6-7;1-2/h3-4,6,8H,5H2,1-2H3;1-2H3/t8-;/m1./s1. The molecule has 0 unspecified atom stereocenters. The summed E-state index contributed by atoms with van der Waals surface area (Å²) in [6.45, 7) is 8.39. The quantitative estimate of drug-likeness (QED) is 0.480. The first-order valence-electron chi connectivity index (χ1n) is 4.14. The molecule has 0 heteroatoms. The van der Waals surface area contributed by atoms with Crippen molar-refractivity contribution in [1.29, 1.82) is 0 Å². The Bertz CT molecular complexity index is 129. The van der Waals surface area contributed by atoms with Gasteiger partial charge in [0.1, 0.15) is 0 Å². The van der Waals surface area contributed by atoms with Crippen molar-refractivity contribution in [1.82, 2.24) is 0 Å². The summed E-state index contributed by atoms with van der Waals surface area (Å²) in [6.07, 6.45) is 7.94. The fraction of sp³-hybridized carbons (Fsp3) is 0.600. The molecule has 0 aromatic rings. The molecule has 0 amide bonds. The van der Waals surface area contributed by atoms with Crippen molar-refractivity contribution in [2.45, 2.75) is 34.1 Å². The first kappa shape index (κ1) is 9.48. The van der Waals surface area contributed by atoms with Gasteiger partial charge in [0.2, 0.25) is 0 Å². The van der Waals surface area contributed by atoms with Crippen molar-refractivity contribution in [3.63, 3.8) is 0 Å². The first-order chi connectivity index (χ1) is 4.79.